The molecular weight excluding hydrogens is 316 g/mol. The summed E-state index contributed by atoms with van der Waals surface area (Å²) in [5.74, 6) is 0.899. The van der Waals surface area contributed by atoms with E-state index in [9.17, 15) is 4.79 Å². The highest BCUT2D eigenvalue weighted by Gasteiger charge is 2.40. The number of carbonyl (C=O) groups is 1. The molecule has 2 atom stereocenters. The number of rotatable bonds is 3. The molecule has 3 aromatic rings. The first-order chi connectivity index (χ1) is 12.2. The van der Waals surface area contributed by atoms with Crippen molar-refractivity contribution in [3.05, 3.63) is 66.7 Å². The lowest BCUT2D eigenvalue weighted by atomic mass is 9.85. The van der Waals surface area contributed by atoms with E-state index in [-0.39, 0.29) is 12.1 Å². The van der Waals surface area contributed by atoms with E-state index in [0.29, 0.717) is 17.6 Å². The number of hydrogen-bond acceptors (Lipinski definition) is 4. The van der Waals surface area contributed by atoms with Crippen molar-refractivity contribution >= 4 is 11.7 Å². The number of nitrogens with zero attached hydrogens (tertiary/aromatic N) is 5. The molecule has 2 amide bonds. The number of hydrogen-bond donors (Lipinski definition) is 1. The summed E-state index contributed by atoms with van der Waals surface area (Å²) in [6, 6.07) is 11.8. The summed E-state index contributed by atoms with van der Waals surface area (Å²) in [6.07, 6.45) is 6.59. The van der Waals surface area contributed by atoms with Crippen LogP contribution in [0.2, 0.25) is 0 Å². The third-order valence-electron chi connectivity index (χ3n) is 4.35. The zero-order chi connectivity index (χ0) is 17.2. The molecule has 2 aromatic heterocycles. The first kappa shape index (κ1) is 15.3. The average molecular weight is 334 g/mol. The van der Waals surface area contributed by atoms with Crippen molar-refractivity contribution < 1.29 is 4.79 Å². The zero-order valence-corrected chi connectivity index (χ0v) is 13.8. The predicted octanol–water partition coefficient (Wildman–Crippen LogP) is 2.89. The van der Waals surface area contributed by atoms with Crippen LogP contribution in [0.1, 0.15) is 18.5 Å². The molecule has 0 aliphatic carbocycles. The van der Waals surface area contributed by atoms with Crippen LogP contribution in [0, 0.1) is 5.92 Å². The number of nitrogens with one attached hydrogen (secondary N) is 1. The Bertz CT molecular complexity index is 864. The minimum atomic E-state index is -0.125. The lowest BCUT2D eigenvalue weighted by Gasteiger charge is -2.46. The maximum atomic E-state index is 12.6. The van der Waals surface area contributed by atoms with Crippen LogP contribution in [0.4, 0.5) is 10.5 Å². The Labute approximate surface area is 145 Å². The number of benzene rings is 1. The molecule has 0 saturated carbocycles. The van der Waals surface area contributed by atoms with Gasteiger partial charge in [-0.05, 0) is 17.5 Å². The Balaban J connectivity index is 1.47. The number of likely N-dealkylation sites (tertiary alicyclic amines) is 1. The average Bonchev–Trinajstić information content (AvgIpc) is 3.09. The van der Waals surface area contributed by atoms with Crippen LogP contribution in [-0.4, -0.2) is 37.2 Å². The SMILES string of the molecule is C[C@H]1CN(C(=O)Nc2cnn(-c3ncccn3)c2)[C@@H]1c1ccccc1. The number of carbonyl (C=O) groups excluding carboxylic acids is 1. The quantitative estimate of drug-likeness (QED) is 0.799. The largest absolute Gasteiger partial charge is 0.322 e. The summed E-state index contributed by atoms with van der Waals surface area (Å²) in [4.78, 5) is 22.7. The van der Waals surface area contributed by atoms with Gasteiger partial charge in [-0.3, -0.25) is 0 Å². The summed E-state index contributed by atoms with van der Waals surface area (Å²) in [6.45, 7) is 2.90. The van der Waals surface area contributed by atoms with E-state index in [4.69, 9.17) is 0 Å². The molecule has 1 saturated heterocycles. The number of amides is 2. The maximum absolute atomic E-state index is 12.6. The fraction of sp³-hybridized carbons (Fsp3) is 0.222. The van der Waals surface area contributed by atoms with Crippen LogP contribution >= 0.6 is 0 Å². The third kappa shape index (κ3) is 2.96. The van der Waals surface area contributed by atoms with Crippen molar-refractivity contribution in [1.29, 1.82) is 0 Å². The summed E-state index contributed by atoms with van der Waals surface area (Å²) in [5.41, 5.74) is 1.77. The van der Waals surface area contributed by atoms with Gasteiger partial charge in [0.15, 0.2) is 0 Å². The van der Waals surface area contributed by atoms with Gasteiger partial charge in [-0.25, -0.2) is 19.4 Å². The van der Waals surface area contributed by atoms with Crippen LogP contribution in [-0.2, 0) is 0 Å². The van der Waals surface area contributed by atoms with E-state index in [1.54, 1.807) is 30.9 Å². The second-order valence-electron chi connectivity index (χ2n) is 6.14. The molecular formula is C18H18N6O. The molecule has 7 heteroatoms. The second kappa shape index (κ2) is 6.35. The molecule has 0 spiro atoms. The minimum absolute atomic E-state index is 0.105. The molecule has 4 rings (SSSR count). The molecule has 3 heterocycles. The Hall–Kier alpha value is -3.22. The maximum Gasteiger partial charge on any atom is 0.322 e. The summed E-state index contributed by atoms with van der Waals surface area (Å²) < 4.78 is 1.53. The van der Waals surface area contributed by atoms with E-state index in [0.717, 1.165) is 12.1 Å². The van der Waals surface area contributed by atoms with Gasteiger partial charge >= 0.3 is 6.03 Å². The first-order valence-corrected chi connectivity index (χ1v) is 8.17. The van der Waals surface area contributed by atoms with Crippen LogP contribution in [0.3, 0.4) is 0 Å². The van der Waals surface area contributed by atoms with E-state index < -0.39 is 0 Å². The van der Waals surface area contributed by atoms with E-state index in [2.05, 4.69) is 39.4 Å². The molecule has 0 radical (unpaired) electrons. The van der Waals surface area contributed by atoms with Crippen LogP contribution < -0.4 is 5.32 Å². The van der Waals surface area contributed by atoms with Crippen molar-refractivity contribution in [1.82, 2.24) is 24.6 Å². The molecule has 1 N–H and O–H groups in total. The molecule has 25 heavy (non-hydrogen) atoms. The minimum Gasteiger partial charge on any atom is -0.317 e. The standard InChI is InChI=1S/C18H18N6O/c1-13-11-23(16(13)14-6-3-2-4-7-14)18(25)22-15-10-21-24(12-15)17-19-8-5-9-20-17/h2-10,12-13,16H,11H2,1H3,(H,22,25)/t13-,16-/m0/s1. The predicted molar refractivity (Wildman–Crippen MR) is 93.2 cm³/mol. The van der Waals surface area contributed by atoms with E-state index >= 15 is 0 Å². The van der Waals surface area contributed by atoms with Crippen molar-refractivity contribution in [2.24, 2.45) is 5.92 Å². The van der Waals surface area contributed by atoms with Gasteiger partial charge in [0, 0.05) is 18.9 Å². The van der Waals surface area contributed by atoms with Crippen LogP contribution in [0.25, 0.3) is 5.95 Å². The fourth-order valence-electron chi connectivity index (χ4n) is 3.16. The van der Waals surface area contributed by atoms with Gasteiger partial charge in [0.1, 0.15) is 0 Å². The molecule has 1 aliphatic heterocycles. The zero-order valence-electron chi connectivity index (χ0n) is 13.8. The summed E-state index contributed by atoms with van der Waals surface area (Å²) in [7, 11) is 0. The lowest BCUT2D eigenvalue weighted by molar-refractivity contribution is 0.0671. The second-order valence-corrected chi connectivity index (χ2v) is 6.14. The molecule has 0 bridgehead atoms. The van der Waals surface area contributed by atoms with Crippen molar-refractivity contribution in [2.75, 3.05) is 11.9 Å². The van der Waals surface area contributed by atoms with Gasteiger partial charge < -0.3 is 10.2 Å². The monoisotopic (exact) mass is 334 g/mol. The van der Waals surface area contributed by atoms with Crippen molar-refractivity contribution in [3.8, 4) is 5.95 Å². The number of anilines is 1. The molecule has 126 valence electrons. The molecule has 1 fully saturated rings. The van der Waals surface area contributed by atoms with E-state index in [1.165, 1.54) is 4.68 Å². The van der Waals surface area contributed by atoms with E-state index in [1.807, 2.05) is 23.1 Å². The normalized spacial score (nSPS) is 19.3. The Morgan fingerprint density at radius 1 is 1.16 bits per heavy atom. The van der Waals surface area contributed by atoms with Gasteiger partial charge in [0.2, 0.25) is 5.95 Å². The highest BCUT2D eigenvalue weighted by atomic mass is 16.2. The third-order valence-corrected chi connectivity index (χ3v) is 4.35. The molecule has 0 unspecified atom stereocenters. The molecule has 1 aromatic carbocycles. The highest BCUT2D eigenvalue weighted by molar-refractivity contribution is 5.90. The van der Waals surface area contributed by atoms with Gasteiger partial charge in [0.25, 0.3) is 0 Å². The molecule has 7 nitrogen and oxygen atoms in total. The smallest absolute Gasteiger partial charge is 0.317 e. The van der Waals surface area contributed by atoms with Crippen molar-refractivity contribution in [3.63, 3.8) is 0 Å². The Kier molecular flexibility index (Phi) is 3.89. The Morgan fingerprint density at radius 3 is 2.64 bits per heavy atom. The summed E-state index contributed by atoms with van der Waals surface area (Å²) in [5, 5.41) is 7.10. The summed E-state index contributed by atoms with van der Waals surface area (Å²) >= 11 is 0. The number of aromatic nitrogens is 4. The molecule has 1 aliphatic rings. The van der Waals surface area contributed by atoms with Gasteiger partial charge in [-0.2, -0.15) is 5.10 Å². The lowest BCUT2D eigenvalue weighted by Crippen LogP contribution is -2.53. The van der Waals surface area contributed by atoms with Gasteiger partial charge in [0.05, 0.1) is 24.1 Å². The topological polar surface area (TPSA) is 75.9 Å². The fourth-order valence-corrected chi connectivity index (χ4v) is 3.16. The highest BCUT2D eigenvalue weighted by Crippen LogP contribution is 2.38. The first-order valence-electron chi connectivity index (χ1n) is 8.17. The van der Waals surface area contributed by atoms with Crippen LogP contribution in [0.5, 0.6) is 0 Å². The van der Waals surface area contributed by atoms with Gasteiger partial charge in [-0.15, -0.1) is 0 Å². The van der Waals surface area contributed by atoms with Crippen molar-refractivity contribution in [2.45, 2.75) is 13.0 Å². The Morgan fingerprint density at radius 2 is 1.92 bits per heavy atom. The van der Waals surface area contributed by atoms with Gasteiger partial charge in [-0.1, -0.05) is 37.3 Å². The number of urea groups is 1. The van der Waals surface area contributed by atoms with Crippen LogP contribution in [0.15, 0.2) is 61.2 Å².